The van der Waals surface area contributed by atoms with E-state index in [9.17, 15) is 19.6 Å². The number of phosphoric ester groups is 1. The van der Waals surface area contributed by atoms with Gasteiger partial charge in [0.1, 0.15) is 29.8 Å². The number of imidazole rings is 1. The fraction of sp³-hybridized carbons (Fsp3) is 0.261. The number of ether oxygens (including phenoxy) is 2. The van der Waals surface area contributed by atoms with Gasteiger partial charge in [0.15, 0.2) is 6.33 Å². The smallest absolute Gasteiger partial charge is 0.457 e. The van der Waals surface area contributed by atoms with Crippen molar-refractivity contribution in [3.8, 4) is 11.5 Å². The van der Waals surface area contributed by atoms with Crippen LogP contribution in [0.2, 0.25) is 0 Å². The van der Waals surface area contributed by atoms with E-state index in [2.05, 4.69) is 14.5 Å². The highest BCUT2D eigenvalue weighted by Gasteiger charge is 2.47. The summed E-state index contributed by atoms with van der Waals surface area (Å²) in [4.78, 5) is 37.5. The summed E-state index contributed by atoms with van der Waals surface area (Å²) in [6, 6.07) is 16.5. The van der Waals surface area contributed by atoms with Crippen LogP contribution in [0, 0.1) is 0 Å². The molecule has 0 saturated carbocycles. The van der Waals surface area contributed by atoms with Crippen molar-refractivity contribution in [2.45, 2.75) is 31.1 Å². The molecule has 0 aliphatic carbocycles. The van der Waals surface area contributed by atoms with E-state index in [0.717, 1.165) is 5.56 Å². The highest BCUT2D eigenvalue weighted by molar-refractivity contribution is 7.46. The van der Waals surface area contributed by atoms with Crippen molar-refractivity contribution in [2.24, 2.45) is 0 Å². The molecule has 0 amide bonds. The summed E-state index contributed by atoms with van der Waals surface area (Å²) < 4.78 is 30.0. The number of nitrogen functional groups attached to an aromatic ring is 1. The Bertz CT molecular complexity index is 1550. The third-order valence-electron chi connectivity index (χ3n) is 5.94. The van der Waals surface area contributed by atoms with E-state index in [1.807, 2.05) is 42.5 Å². The Hall–Kier alpha value is -3.62. The Kier molecular flexibility index (Phi) is 7.03. The van der Waals surface area contributed by atoms with Crippen molar-refractivity contribution in [1.29, 1.82) is 0 Å². The Morgan fingerprint density at radius 2 is 1.84 bits per heavy atom. The molecule has 1 fully saturated rings. The first-order chi connectivity index (χ1) is 18.1. The number of nitrogens with one attached hydrogen (secondary N) is 1. The molecule has 38 heavy (non-hydrogen) atoms. The number of nitrogens with two attached hydrogens (primary N) is 1. The molecule has 200 valence electrons. The van der Waals surface area contributed by atoms with E-state index in [-0.39, 0.29) is 23.7 Å². The summed E-state index contributed by atoms with van der Waals surface area (Å²) in [5.41, 5.74) is 6.18. The zero-order valence-corrected chi connectivity index (χ0v) is 20.6. The van der Waals surface area contributed by atoms with Crippen molar-refractivity contribution >= 4 is 24.9 Å². The molecule has 2 aromatic heterocycles. The molecule has 7 N–H and O–H groups in total. The second-order valence-corrected chi connectivity index (χ2v) is 9.91. The summed E-state index contributed by atoms with van der Waals surface area (Å²) in [5.74, 6) is 1.06. The van der Waals surface area contributed by atoms with Crippen molar-refractivity contribution < 1.29 is 43.1 Å². The standard InChI is InChI=1S/C23H24N5O9P/c24-23-25-20-17(21(31)26-23)27(10-13-5-4-8-15(9-13)36-14-6-2-1-3-7-14)12-28(20)22-19(30)18(29)16(37-22)11-35-38(32,33)34/h1-9,12,16,18-19,22,29-30H,10-11H2,(H4-,24,25,26,31,32,33,34)/p+1/t16-,18-,19-,22-/m0/s1. The van der Waals surface area contributed by atoms with Gasteiger partial charge in [-0.05, 0) is 29.8 Å². The van der Waals surface area contributed by atoms with Gasteiger partial charge < -0.3 is 35.2 Å². The lowest BCUT2D eigenvalue weighted by Gasteiger charge is -2.14. The normalized spacial score (nSPS) is 21.7. The number of aromatic amines is 1. The van der Waals surface area contributed by atoms with Crippen LogP contribution >= 0.6 is 7.82 Å². The lowest BCUT2D eigenvalue weighted by molar-refractivity contribution is -0.745. The summed E-state index contributed by atoms with van der Waals surface area (Å²) in [5, 5.41) is 21.1. The summed E-state index contributed by atoms with van der Waals surface area (Å²) >= 11 is 0. The van der Waals surface area contributed by atoms with Gasteiger partial charge in [-0.3, -0.25) is 18.9 Å². The predicted molar refractivity (Wildman–Crippen MR) is 131 cm³/mol. The molecule has 4 aromatic rings. The van der Waals surface area contributed by atoms with Crippen molar-refractivity contribution in [1.82, 2.24) is 14.5 Å². The van der Waals surface area contributed by atoms with Crippen molar-refractivity contribution in [3.05, 3.63) is 76.8 Å². The lowest BCUT2D eigenvalue weighted by Crippen LogP contribution is -2.46. The number of fused-ring (bicyclic) bond motifs is 1. The van der Waals surface area contributed by atoms with Crippen LogP contribution in [-0.2, 0) is 20.4 Å². The molecule has 3 heterocycles. The van der Waals surface area contributed by atoms with Crippen LogP contribution in [0.25, 0.3) is 11.2 Å². The number of H-pyrrole nitrogens is 1. The van der Waals surface area contributed by atoms with Gasteiger partial charge in [-0.2, -0.15) is 0 Å². The van der Waals surface area contributed by atoms with E-state index in [1.54, 1.807) is 16.7 Å². The first kappa shape index (κ1) is 26.0. The lowest BCUT2D eigenvalue weighted by atomic mass is 10.1. The van der Waals surface area contributed by atoms with Crippen molar-refractivity contribution in [3.63, 3.8) is 0 Å². The van der Waals surface area contributed by atoms with Crippen LogP contribution < -0.4 is 20.6 Å². The third kappa shape index (κ3) is 5.47. The van der Waals surface area contributed by atoms with Crippen LogP contribution in [0.4, 0.5) is 5.95 Å². The van der Waals surface area contributed by atoms with Crippen LogP contribution in [0.15, 0.2) is 65.7 Å². The predicted octanol–water partition coefficient (Wildman–Crippen LogP) is 0.163. The minimum absolute atomic E-state index is 0.0655. The maximum atomic E-state index is 12.9. The molecule has 15 heteroatoms. The van der Waals surface area contributed by atoms with E-state index >= 15 is 0 Å². The molecule has 5 rings (SSSR count). The largest absolute Gasteiger partial charge is 0.469 e. The topological polar surface area (TPSA) is 206 Å². The van der Waals surface area contributed by atoms with E-state index in [0.29, 0.717) is 11.5 Å². The SMILES string of the molecule is Nc1nc2c(c(=O)[nH]1)n(Cc1cccc(Oc3ccccc3)c1)c[n+]2[C@H]1O[C@@H](COP(=O)(O)O)[C@H](O)[C@@H]1O. The molecule has 0 radical (unpaired) electrons. The fourth-order valence-corrected chi connectivity index (χ4v) is 4.62. The number of hydrogen-bond donors (Lipinski definition) is 6. The van der Waals surface area contributed by atoms with Crippen LogP contribution in [0.5, 0.6) is 11.5 Å². The summed E-state index contributed by atoms with van der Waals surface area (Å²) in [6.45, 7) is -0.483. The van der Waals surface area contributed by atoms with Gasteiger partial charge in [-0.25, -0.2) is 9.13 Å². The van der Waals surface area contributed by atoms with Gasteiger partial charge in [0.05, 0.1) is 13.2 Å². The maximum absolute atomic E-state index is 12.9. The Labute approximate surface area is 214 Å². The quantitative estimate of drug-likeness (QED) is 0.130. The first-order valence-electron chi connectivity index (χ1n) is 11.4. The monoisotopic (exact) mass is 546 g/mol. The van der Waals surface area contributed by atoms with E-state index in [4.69, 9.17) is 25.0 Å². The number of aliphatic hydroxyl groups is 2. The molecular formula is C23H25N5O9P+. The molecule has 4 atom stereocenters. The molecule has 14 nitrogen and oxygen atoms in total. The highest BCUT2D eigenvalue weighted by atomic mass is 31.2. The first-order valence-corrected chi connectivity index (χ1v) is 13.0. The van der Waals surface area contributed by atoms with Crippen molar-refractivity contribution in [2.75, 3.05) is 12.3 Å². The van der Waals surface area contributed by atoms with Gasteiger partial charge in [0.25, 0.3) is 11.5 Å². The fourth-order valence-electron chi connectivity index (χ4n) is 4.28. The number of anilines is 1. The second kappa shape index (κ2) is 10.3. The van der Waals surface area contributed by atoms with Gasteiger partial charge in [-0.15, -0.1) is 0 Å². The molecule has 1 aliphatic heterocycles. The average molecular weight is 546 g/mol. The molecule has 1 aliphatic rings. The Balaban J connectivity index is 1.47. The van der Waals surface area contributed by atoms with Crippen LogP contribution in [0.1, 0.15) is 11.8 Å². The number of benzene rings is 2. The van der Waals surface area contributed by atoms with E-state index < -0.39 is 44.5 Å². The number of aliphatic hydroxyl groups excluding tert-OH is 2. The molecule has 0 spiro atoms. The Morgan fingerprint density at radius 1 is 1.11 bits per heavy atom. The van der Waals surface area contributed by atoms with Gasteiger partial charge in [0.2, 0.25) is 11.7 Å². The molecule has 2 aromatic carbocycles. The zero-order chi connectivity index (χ0) is 27.0. The zero-order valence-electron chi connectivity index (χ0n) is 19.7. The molecule has 0 unspecified atom stereocenters. The number of rotatable bonds is 8. The second-order valence-electron chi connectivity index (χ2n) is 8.67. The molecular weight excluding hydrogens is 521 g/mol. The van der Waals surface area contributed by atoms with Gasteiger partial charge in [0, 0.05) is 0 Å². The van der Waals surface area contributed by atoms with Crippen LogP contribution in [-0.4, -0.2) is 59.5 Å². The van der Waals surface area contributed by atoms with Gasteiger partial charge >= 0.3 is 13.5 Å². The van der Waals surface area contributed by atoms with Crippen LogP contribution in [0.3, 0.4) is 0 Å². The summed E-state index contributed by atoms with van der Waals surface area (Å²) in [6.07, 6.45) is -4.12. The molecule has 1 saturated heterocycles. The Morgan fingerprint density at radius 3 is 2.58 bits per heavy atom. The molecule has 0 bridgehead atoms. The minimum atomic E-state index is -4.84. The third-order valence-corrected chi connectivity index (χ3v) is 6.42. The maximum Gasteiger partial charge on any atom is 0.469 e. The average Bonchev–Trinajstić information content (AvgIpc) is 3.35. The minimum Gasteiger partial charge on any atom is -0.457 e. The highest BCUT2D eigenvalue weighted by Crippen LogP contribution is 2.38. The number of hydrogen-bond acceptors (Lipinski definition) is 9. The number of aromatic nitrogens is 4. The number of para-hydroxylation sites is 1. The van der Waals surface area contributed by atoms with E-state index in [1.165, 1.54) is 10.9 Å². The number of nitrogens with zero attached hydrogens (tertiary/aromatic N) is 3. The van der Waals surface area contributed by atoms with Gasteiger partial charge in [-0.1, -0.05) is 35.3 Å². The number of phosphoric acid groups is 1. The summed E-state index contributed by atoms with van der Waals surface area (Å²) in [7, 11) is -4.84.